The summed E-state index contributed by atoms with van der Waals surface area (Å²) >= 11 is 1.68. The monoisotopic (exact) mass is 380 g/mol. The summed E-state index contributed by atoms with van der Waals surface area (Å²) in [5.41, 5.74) is 2.08. The molecule has 1 aliphatic carbocycles. The molecule has 0 saturated heterocycles. The molecular weight excluding hydrogens is 356 g/mol. The summed E-state index contributed by atoms with van der Waals surface area (Å²) in [4.78, 5) is 16.8. The Balaban J connectivity index is 1.34. The van der Waals surface area contributed by atoms with Crippen LogP contribution in [-0.2, 0) is 4.79 Å². The van der Waals surface area contributed by atoms with E-state index in [1.807, 2.05) is 42.5 Å². The number of nitrogens with zero attached hydrogens (tertiary/aromatic N) is 1. The number of hydrogen-bond donors (Lipinski definition) is 1. The maximum Gasteiger partial charge on any atom is 0.258 e. The summed E-state index contributed by atoms with van der Waals surface area (Å²) in [6, 6.07) is 16.2. The Bertz CT molecular complexity index is 886. The molecule has 1 fully saturated rings. The number of amides is 1. The van der Waals surface area contributed by atoms with Gasteiger partial charge in [-0.15, -0.1) is 11.3 Å². The van der Waals surface area contributed by atoms with Crippen molar-refractivity contribution in [3.05, 3.63) is 48.5 Å². The van der Waals surface area contributed by atoms with Gasteiger partial charge in [0.25, 0.3) is 5.91 Å². The summed E-state index contributed by atoms with van der Waals surface area (Å²) < 4.78 is 6.85. The number of carbonyl (C=O) groups excluding carboxylic acids is 1. The van der Waals surface area contributed by atoms with Crippen LogP contribution in [-0.4, -0.2) is 23.5 Å². The third-order valence-electron chi connectivity index (χ3n) is 5.22. The van der Waals surface area contributed by atoms with Crippen LogP contribution in [0.25, 0.3) is 20.8 Å². The molecule has 2 atom stereocenters. The van der Waals surface area contributed by atoms with Crippen molar-refractivity contribution >= 4 is 27.5 Å². The van der Waals surface area contributed by atoms with E-state index in [1.165, 1.54) is 24.0 Å². The fraction of sp³-hybridized carbons (Fsp3) is 0.364. The van der Waals surface area contributed by atoms with Gasteiger partial charge in [-0.05, 0) is 55.2 Å². The molecule has 1 saturated carbocycles. The Hall–Kier alpha value is -2.40. The summed E-state index contributed by atoms with van der Waals surface area (Å²) in [6.45, 7) is 2.27. The smallest absolute Gasteiger partial charge is 0.258 e. The van der Waals surface area contributed by atoms with E-state index in [-0.39, 0.29) is 18.6 Å². The van der Waals surface area contributed by atoms with Crippen LogP contribution >= 0.6 is 11.3 Å². The molecule has 0 aliphatic heterocycles. The van der Waals surface area contributed by atoms with Gasteiger partial charge in [-0.2, -0.15) is 0 Å². The van der Waals surface area contributed by atoms with E-state index in [0.29, 0.717) is 11.7 Å². The molecule has 1 heterocycles. The predicted octanol–water partition coefficient (Wildman–Crippen LogP) is 5.04. The highest BCUT2D eigenvalue weighted by Gasteiger charge is 2.22. The van der Waals surface area contributed by atoms with Crippen LogP contribution in [0, 0.1) is 5.92 Å². The number of ether oxygens (including phenoxy) is 1. The molecule has 1 aliphatic rings. The van der Waals surface area contributed by atoms with Crippen LogP contribution in [0.4, 0.5) is 0 Å². The zero-order valence-electron chi connectivity index (χ0n) is 15.5. The largest absolute Gasteiger partial charge is 0.484 e. The minimum absolute atomic E-state index is 0.0380. The number of benzene rings is 2. The SMILES string of the molecule is C[C@@H]1CCCC[C@@H]1NC(=O)COc1ccc(-c2nc3ccccc3s2)cc1. The molecule has 1 N–H and O–H groups in total. The number of rotatable bonds is 5. The minimum atomic E-state index is -0.0380. The first-order valence-corrected chi connectivity index (χ1v) is 10.4. The molecule has 0 spiro atoms. The first-order chi connectivity index (χ1) is 13.2. The van der Waals surface area contributed by atoms with Gasteiger partial charge in [0.2, 0.25) is 0 Å². The Morgan fingerprint density at radius 1 is 1.15 bits per heavy atom. The van der Waals surface area contributed by atoms with Crippen molar-refractivity contribution in [1.82, 2.24) is 10.3 Å². The second-order valence-electron chi connectivity index (χ2n) is 7.24. The van der Waals surface area contributed by atoms with Gasteiger partial charge in [0.1, 0.15) is 10.8 Å². The van der Waals surface area contributed by atoms with Gasteiger partial charge in [-0.3, -0.25) is 4.79 Å². The quantitative estimate of drug-likeness (QED) is 0.675. The topological polar surface area (TPSA) is 51.2 Å². The summed E-state index contributed by atoms with van der Waals surface area (Å²) in [6.07, 6.45) is 4.73. The molecule has 140 valence electrons. The van der Waals surface area contributed by atoms with Crippen molar-refractivity contribution < 1.29 is 9.53 Å². The number of para-hydroxylation sites is 1. The highest BCUT2D eigenvalue weighted by Crippen LogP contribution is 2.31. The molecular formula is C22H24N2O2S. The molecule has 1 aromatic heterocycles. The van der Waals surface area contributed by atoms with Crippen LogP contribution in [0.5, 0.6) is 5.75 Å². The molecule has 5 heteroatoms. The van der Waals surface area contributed by atoms with Crippen LogP contribution in [0.3, 0.4) is 0 Å². The highest BCUT2D eigenvalue weighted by molar-refractivity contribution is 7.21. The van der Waals surface area contributed by atoms with E-state index < -0.39 is 0 Å². The van der Waals surface area contributed by atoms with Crippen LogP contribution in [0.15, 0.2) is 48.5 Å². The van der Waals surface area contributed by atoms with Gasteiger partial charge in [0.05, 0.1) is 10.2 Å². The lowest BCUT2D eigenvalue weighted by Gasteiger charge is -2.29. The molecule has 3 aromatic rings. The van der Waals surface area contributed by atoms with Crippen molar-refractivity contribution in [2.75, 3.05) is 6.61 Å². The molecule has 0 bridgehead atoms. The Morgan fingerprint density at radius 2 is 1.93 bits per heavy atom. The average molecular weight is 381 g/mol. The first kappa shape index (κ1) is 18.0. The van der Waals surface area contributed by atoms with E-state index in [9.17, 15) is 4.79 Å². The summed E-state index contributed by atoms with van der Waals surface area (Å²) in [7, 11) is 0. The molecule has 2 aromatic carbocycles. The van der Waals surface area contributed by atoms with Gasteiger partial charge in [0.15, 0.2) is 6.61 Å². The zero-order chi connectivity index (χ0) is 18.6. The van der Waals surface area contributed by atoms with E-state index in [2.05, 4.69) is 23.3 Å². The number of thiazole rings is 1. The molecule has 0 radical (unpaired) electrons. The Kier molecular flexibility index (Phi) is 5.39. The first-order valence-electron chi connectivity index (χ1n) is 9.57. The van der Waals surface area contributed by atoms with Gasteiger partial charge in [0, 0.05) is 11.6 Å². The second kappa shape index (κ2) is 8.09. The number of aromatic nitrogens is 1. The summed E-state index contributed by atoms with van der Waals surface area (Å²) in [5, 5.41) is 4.11. The van der Waals surface area contributed by atoms with E-state index in [0.717, 1.165) is 22.5 Å². The molecule has 4 nitrogen and oxygen atoms in total. The molecule has 27 heavy (non-hydrogen) atoms. The summed E-state index contributed by atoms with van der Waals surface area (Å²) in [5.74, 6) is 1.21. The van der Waals surface area contributed by atoms with Gasteiger partial charge < -0.3 is 10.1 Å². The minimum Gasteiger partial charge on any atom is -0.484 e. The second-order valence-corrected chi connectivity index (χ2v) is 8.27. The van der Waals surface area contributed by atoms with Crippen LogP contribution in [0.1, 0.15) is 32.6 Å². The van der Waals surface area contributed by atoms with Gasteiger partial charge >= 0.3 is 0 Å². The third kappa shape index (κ3) is 4.30. The maximum absolute atomic E-state index is 12.2. The van der Waals surface area contributed by atoms with Crippen molar-refractivity contribution in [2.24, 2.45) is 5.92 Å². The lowest BCUT2D eigenvalue weighted by molar-refractivity contribution is -0.124. The van der Waals surface area contributed by atoms with E-state index >= 15 is 0 Å². The number of hydrogen-bond acceptors (Lipinski definition) is 4. The normalized spacial score (nSPS) is 19.7. The maximum atomic E-state index is 12.2. The number of nitrogens with one attached hydrogen (secondary N) is 1. The van der Waals surface area contributed by atoms with Crippen LogP contribution in [0.2, 0.25) is 0 Å². The van der Waals surface area contributed by atoms with Crippen LogP contribution < -0.4 is 10.1 Å². The van der Waals surface area contributed by atoms with E-state index in [4.69, 9.17) is 4.74 Å². The van der Waals surface area contributed by atoms with Gasteiger partial charge in [-0.1, -0.05) is 31.9 Å². The fourth-order valence-electron chi connectivity index (χ4n) is 3.62. The molecule has 4 rings (SSSR count). The Morgan fingerprint density at radius 3 is 2.70 bits per heavy atom. The number of carbonyl (C=O) groups is 1. The van der Waals surface area contributed by atoms with Crippen molar-refractivity contribution in [3.63, 3.8) is 0 Å². The van der Waals surface area contributed by atoms with Gasteiger partial charge in [-0.25, -0.2) is 4.98 Å². The predicted molar refractivity (Wildman–Crippen MR) is 110 cm³/mol. The van der Waals surface area contributed by atoms with E-state index in [1.54, 1.807) is 11.3 Å². The lowest BCUT2D eigenvalue weighted by atomic mass is 9.86. The van der Waals surface area contributed by atoms with Crippen molar-refractivity contribution in [3.8, 4) is 16.3 Å². The van der Waals surface area contributed by atoms with Crippen molar-refractivity contribution in [2.45, 2.75) is 38.6 Å². The highest BCUT2D eigenvalue weighted by atomic mass is 32.1. The standard InChI is InChI=1S/C22H24N2O2S/c1-15-6-2-3-7-18(15)23-21(25)14-26-17-12-10-16(11-13-17)22-24-19-8-4-5-9-20(19)27-22/h4-5,8-13,15,18H,2-3,6-7,14H2,1H3,(H,23,25)/t15-,18+/m1/s1. The van der Waals surface area contributed by atoms with Crippen molar-refractivity contribution in [1.29, 1.82) is 0 Å². The molecule has 1 amide bonds. The fourth-order valence-corrected chi connectivity index (χ4v) is 4.59. The third-order valence-corrected chi connectivity index (χ3v) is 6.31. The Labute approximate surface area is 163 Å². The zero-order valence-corrected chi connectivity index (χ0v) is 16.3. The lowest BCUT2D eigenvalue weighted by Crippen LogP contribution is -2.43. The molecule has 0 unspecified atom stereocenters. The number of fused-ring (bicyclic) bond motifs is 1. The average Bonchev–Trinajstić information content (AvgIpc) is 3.13.